The van der Waals surface area contributed by atoms with E-state index < -0.39 is 6.04 Å². The maximum absolute atomic E-state index is 12.0. The Labute approximate surface area is 121 Å². The van der Waals surface area contributed by atoms with Crippen LogP contribution in [0, 0.1) is 0 Å². The Morgan fingerprint density at radius 1 is 1.42 bits per heavy atom. The summed E-state index contributed by atoms with van der Waals surface area (Å²) in [5, 5.41) is 5.36. The van der Waals surface area contributed by atoms with Crippen molar-refractivity contribution in [2.75, 3.05) is 12.3 Å². The molecule has 1 atom stereocenters. The fourth-order valence-corrected chi connectivity index (χ4v) is 1.91. The second-order valence-corrected chi connectivity index (χ2v) is 4.99. The predicted molar refractivity (Wildman–Crippen MR) is 78.8 cm³/mol. The molecular formula is C13H18BrN3O2. The monoisotopic (exact) mass is 327 g/mol. The number of halogens is 1. The average Bonchev–Trinajstić information content (AvgIpc) is 2.38. The molecule has 0 aliphatic heterocycles. The lowest BCUT2D eigenvalue weighted by molar-refractivity contribution is -0.122. The van der Waals surface area contributed by atoms with Crippen LogP contribution in [0.2, 0.25) is 0 Å². The summed E-state index contributed by atoms with van der Waals surface area (Å²) in [6, 6.07) is 4.44. The molecule has 0 bridgehead atoms. The van der Waals surface area contributed by atoms with Crippen LogP contribution < -0.4 is 16.4 Å². The quantitative estimate of drug-likeness (QED) is 0.719. The Bertz CT molecular complexity index is 477. The molecule has 0 fully saturated rings. The number of carbonyl (C=O) groups is 2. The Morgan fingerprint density at radius 3 is 2.74 bits per heavy atom. The van der Waals surface area contributed by atoms with Gasteiger partial charge in [-0.15, -0.1) is 0 Å². The molecule has 0 saturated carbocycles. The fourth-order valence-electron chi connectivity index (χ4n) is 1.47. The first-order chi connectivity index (χ1) is 8.97. The van der Waals surface area contributed by atoms with Crippen molar-refractivity contribution in [3.63, 3.8) is 0 Å². The van der Waals surface area contributed by atoms with Gasteiger partial charge in [0.25, 0.3) is 5.91 Å². The molecule has 5 nitrogen and oxygen atoms in total. The third-order valence-electron chi connectivity index (χ3n) is 2.56. The van der Waals surface area contributed by atoms with E-state index in [0.717, 1.165) is 6.42 Å². The van der Waals surface area contributed by atoms with E-state index in [0.29, 0.717) is 22.3 Å². The summed E-state index contributed by atoms with van der Waals surface area (Å²) >= 11 is 3.26. The van der Waals surface area contributed by atoms with E-state index in [2.05, 4.69) is 26.6 Å². The van der Waals surface area contributed by atoms with Gasteiger partial charge in [-0.25, -0.2) is 0 Å². The maximum atomic E-state index is 12.0. The first-order valence-corrected chi connectivity index (χ1v) is 6.89. The van der Waals surface area contributed by atoms with Crippen molar-refractivity contribution < 1.29 is 9.59 Å². The van der Waals surface area contributed by atoms with Gasteiger partial charge in [0.15, 0.2) is 0 Å². The smallest absolute Gasteiger partial charge is 0.253 e. The second kappa shape index (κ2) is 7.13. The largest absolute Gasteiger partial charge is 0.398 e. The van der Waals surface area contributed by atoms with Gasteiger partial charge in [-0.2, -0.15) is 0 Å². The molecule has 19 heavy (non-hydrogen) atoms. The Balaban J connectivity index is 2.69. The van der Waals surface area contributed by atoms with E-state index in [4.69, 9.17) is 5.73 Å². The van der Waals surface area contributed by atoms with Crippen molar-refractivity contribution in [3.8, 4) is 0 Å². The van der Waals surface area contributed by atoms with Crippen LogP contribution in [-0.4, -0.2) is 24.4 Å². The van der Waals surface area contributed by atoms with Crippen molar-refractivity contribution in [2.24, 2.45) is 0 Å². The number of amides is 2. The van der Waals surface area contributed by atoms with E-state index in [9.17, 15) is 9.59 Å². The summed E-state index contributed by atoms with van der Waals surface area (Å²) in [4.78, 5) is 23.7. The molecule has 6 heteroatoms. The lowest BCUT2D eigenvalue weighted by Crippen LogP contribution is -2.45. The molecule has 1 rings (SSSR count). The van der Waals surface area contributed by atoms with Crippen molar-refractivity contribution in [1.82, 2.24) is 10.6 Å². The highest BCUT2D eigenvalue weighted by atomic mass is 79.9. The van der Waals surface area contributed by atoms with Gasteiger partial charge in [-0.05, 0) is 41.4 Å². The summed E-state index contributed by atoms with van der Waals surface area (Å²) in [6.07, 6.45) is 0.854. The molecule has 0 radical (unpaired) electrons. The summed E-state index contributed by atoms with van der Waals surface area (Å²) in [6.45, 7) is 4.21. The van der Waals surface area contributed by atoms with Crippen LogP contribution >= 0.6 is 15.9 Å². The zero-order valence-corrected chi connectivity index (χ0v) is 12.6. The van der Waals surface area contributed by atoms with Gasteiger partial charge >= 0.3 is 0 Å². The Hall–Kier alpha value is -1.56. The lowest BCUT2D eigenvalue weighted by atomic mass is 10.1. The van der Waals surface area contributed by atoms with Crippen LogP contribution in [0.1, 0.15) is 30.6 Å². The van der Waals surface area contributed by atoms with E-state index in [-0.39, 0.29) is 11.8 Å². The molecule has 4 N–H and O–H groups in total. The zero-order chi connectivity index (χ0) is 14.4. The highest BCUT2D eigenvalue weighted by Crippen LogP contribution is 2.23. The molecule has 0 heterocycles. The van der Waals surface area contributed by atoms with Crippen LogP contribution in [0.4, 0.5) is 5.69 Å². The summed E-state index contributed by atoms with van der Waals surface area (Å²) in [5.74, 6) is -0.534. The molecule has 1 unspecified atom stereocenters. The van der Waals surface area contributed by atoms with Gasteiger partial charge in [0.1, 0.15) is 6.04 Å². The number of anilines is 1. The fraction of sp³-hybridized carbons (Fsp3) is 0.385. The number of hydrogen-bond acceptors (Lipinski definition) is 3. The van der Waals surface area contributed by atoms with Crippen LogP contribution in [0.3, 0.4) is 0 Å². The van der Waals surface area contributed by atoms with Crippen LogP contribution in [0.25, 0.3) is 0 Å². The highest BCUT2D eigenvalue weighted by Gasteiger charge is 2.18. The Morgan fingerprint density at radius 2 is 2.11 bits per heavy atom. The summed E-state index contributed by atoms with van der Waals surface area (Å²) in [7, 11) is 0. The molecule has 0 spiro atoms. The Kier molecular flexibility index (Phi) is 5.82. The van der Waals surface area contributed by atoms with Gasteiger partial charge in [-0.1, -0.05) is 13.0 Å². The zero-order valence-electron chi connectivity index (χ0n) is 11.0. The van der Waals surface area contributed by atoms with E-state index in [1.54, 1.807) is 25.1 Å². The first kappa shape index (κ1) is 15.5. The normalized spacial score (nSPS) is 11.7. The molecule has 0 saturated heterocycles. The van der Waals surface area contributed by atoms with Crippen molar-refractivity contribution in [3.05, 3.63) is 28.2 Å². The van der Waals surface area contributed by atoms with Gasteiger partial charge in [0, 0.05) is 12.2 Å². The molecule has 0 aliphatic carbocycles. The number of nitrogen functional groups attached to an aromatic ring is 1. The number of rotatable bonds is 5. The first-order valence-electron chi connectivity index (χ1n) is 6.10. The number of benzene rings is 1. The molecular weight excluding hydrogens is 310 g/mol. The minimum atomic E-state index is -0.590. The SMILES string of the molecule is CCCNC(=O)C(C)NC(=O)c1cccc(N)c1Br. The number of hydrogen-bond donors (Lipinski definition) is 3. The molecule has 0 aromatic heterocycles. The van der Waals surface area contributed by atoms with Crippen LogP contribution in [0.5, 0.6) is 0 Å². The lowest BCUT2D eigenvalue weighted by Gasteiger charge is -2.14. The number of carbonyl (C=O) groups excluding carboxylic acids is 2. The standard InChI is InChI=1S/C13H18BrN3O2/c1-3-7-16-12(18)8(2)17-13(19)9-5-4-6-10(15)11(9)14/h4-6,8H,3,7,15H2,1-2H3,(H,16,18)(H,17,19). The highest BCUT2D eigenvalue weighted by molar-refractivity contribution is 9.10. The second-order valence-electron chi connectivity index (χ2n) is 4.19. The van der Waals surface area contributed by atoms with Gasteiger partial charge in [0.2, 0.25) is 5.91 Å². The minimum Gasteiger partial charge on any atom is -0.398 e. The van der Waals surface area contributed by atoms with E-state index >= 15 is 0 Å². The van der Waals surface area contributed by atoms with Crippen LogP contribution in [-0.2, 0) is 4.79 Å². The number of nitrogens with two attached hydrogens (primary N) is 1. The minimum absolute atomic E-state index is 0.199. The number of nitrogens with one attached hydrogen (secondary N) is 2. The van der Waals surface area contributed by atoms with Crippen molar-refractivity contribution in [2.45, 2.75) is 26.3 Å². The predicted octanol–water partition coefficient (Wildman–Crippen LogP) is 1.68. The van der Waals surface area contributed by atoms with Crippen molar-refractivity contribution in [1.29, 1.82) is 0 Å². The molecule has 104 valence electrons. The molecule has 1 aromatic rings. The van der Waals surface area contributed by atoms with Crippen LogP contribution in [0.15, 0.2) is 22.7 Å². The van der Waals surface area contributed by atoms with E-state index in [1.807, 2.05) is 6.92 Å². The van der Waals surface area contributed by atoms with Crippen molar-refractivity contribution >= 4 is 33.4 Å². The van der Waals surface area contributed by atoms with Gasteiger partial charge < -0.3 is 16.4 Å². The van der Waals surface area contributed by atoms with E-state index in [1.165, 1.54) is 0 Å². The maximum Gasteiger partial charge on any atom is 0.253 e. The molecule has 1 aromatic carbocycles. The molecule has 0 aliphatic rings. The average molecular weight is 328 g/mol. The summed E-state index contributed by atoms with van der Waals surface area (Å²) in [5.41, 5.74) is 6.60. The van der Waals surface area contributed by atoms with Gasteiger partial charge in [0.05, 0.1) is 10.0 Å². The topological polar surface area (TPSA) is 84.2 Å². The van der Waals surface area contributed by atoms with Gasteiger partial charge in [-0.3, -0.25) is 9.59 Å². The third kappa shape index (κ3) is 4.24. The molecule has 2 amide bonds. The third-order valence-corrected chi connectivity index (χ3v) is 3.45. The summed E-state index contributed by atoms with van der Waals surface area (Å²) < 4.78 is 0.536.